The zero-order chi connectivity index (χ0) is 20.4. The fraction of sp³-hybridized carbons (Fsp3) is 0.353. The van der Waals surface area contributed by atoms with Crippen LogP contribution in [0.25, 0.3) is 5.69 Å². The third kappa shape index (κ3) is 2.84. The quantitative estimate of drug-likeness (QED) is 0.639. The van der Waals surface area contributed by atoms with Gasteiger partial charge in [0.25, 0.3) is 0 Å². The monoisotopic (exact) mass is 431 g/mol. The summed E-state index contributed by atoms with van der Waals surface area (Å²) in [4.78, 5) is 0. The first kappa shape index (κ1) is 19.1. The van der Waals surface area contributed by atoms with Crippen LogP contribution in [0.5, 0.6) is 0 Å². The van der Waals surface area contributed by atoms with Gasteiger partial charge in [0, 0.05) is 12.5 Å². The number of nitrogen functional groups attached to an aromatic ring is 1. The van der Waals surface area contributed by atoms with Gasteiger partial charge in [-0.3, -0.25) is 0 Å². The van der Waals surface area contributed by atoms with E-state index in [2.05, 4.69) is 15.3 Å². The van der Waals surface area contributed by atoms with Crippen molar-refractivity contribution < 1.29 is 17.6 Å². The maximum Gasteiger partial charge on any atom is 0.416 e. The SMILES string of the molecule is Cc1nnc(C2(c3c(C)nn(-c4c(Cl)cc(C(F)(F)F)cc4Cl)c3N)CC2)o1. The van der Waals surface area contributed by atoms with E-state index in [-0.39, 0.29) is 21.6 Å². The highest BCUT2D eigenvalue weighted by Gasteiger charge is 2.54. The van der Waals surface area contributed by atoms with E-state index < -0.39 is 17.2 Å². The highest BCUT2D eigenvalue weighted by Crippen LogP contribution is 2.56. The molecule has 28 heavy (non-hydrogen) atoms. The van der Waals surface area contributed by atoms with Crippen molar-refractivity contribution in [2.75, 3.05) is 5.73 Å². The van der Waals surface area contributed by atoms with E-state index in [0.717, 1.165) is 25.0 Å². The number of hydrogen-bond acceptors (Lipinski definition) is 5. The number of anilines is 1. The predicted octanol–water partition coefficient (Wildman–Crippen LogP) is 4.86. The van der Waals surface area contributed by atoms with Gasteiger partial charge < -0.3 is 10.2 Å². The Balaban J connectivity index is 1.86. The van der Waals surface area contributed by atoms with Crippen LogP contribution in [-0.2, 0) is 11.6 Å². The molecule has 1 saturated carbocycles. The lowest BCUT2D eigenvalue weighted by atomic mass is 9.95. The number of benzene rings is 1. The van der Waals surface area contributed by atoms with Crippen molar-refractivity contribution in [3.8, 4) is 5.69 Å². The molecular formula is C17H14Cl2F3N5O. The second-order valence-corrected chi connectivity index (χ2v) is 7.57. The van der Waals surface area contributed by atoms with E-state index in [9.17, 15) is 13.2 Å². The molecule has 2 N–H and O–H groups in total. The van der Waals surface area contributed by atoms with Gasteiger partial charge in [0.1, 0.15) is 11.5 Å². The van der Waals surface area contributed by atoms with Gasteiger partial charge in [-0.1, -0.05) is 23.2 Å². The van der Waals surface area contributed by atoms with Crippen LogP contribution in [0.3, 0.4) is 0 Å². The second-order valence-electron chi connectivity index (χ2n) is 6.75. The van der Waals surface area contributed by atoms with Crippen LogP contribution in [0.1, 0.15) is 41.4 Å². The van der Waals surface area contributed by atoms with Crippen molar-refractivity contribution in [3.63, 3.8) is 0 Å². The van der Waals surface area contributed by atoms with Gasteiger partial charge in [0.2, 0.25) is 11.8 Å². The van der Waals surface area contributed by atoms with Gasteiger partial charge in [-0.05, 0) is 31.9 Å². The van der Waals surface area contributed by atoms with Gasteiger partial charge in [-0.2, -0.15) is 18.3 Å². The molecule has 1 aromatic carbocycles. The number of halogens is 5. The van der Waals surface area contributed by atoms with Crippen molar-refractivity contribution in [1.29, 1.82) is 0 Å². The molecule has 4 rings (SSSR count). The van der Waals surface area contributed by atoms with Crippen molar-refractivity contribution >= 4 is 29.0 Å². The number of alkyl halides is 3. The lowest BCUT2D eigenvalue weighted by Crippen LogP contribution is -2.14. The molecular weight excluding hydrogens is 418 g/mol. The summed E-state index contributed by atoms with van der Waals surface area (Å²) >= 11 is 12.2. The molecule has 6 nitrogen and oxygen atoms in total. The molecule has 0 radical (unpaired) electrons. The Bertz CT molecular complexity index is 1060. The Morgan fingerprint density at radius 3 is 2.21 bits per heavy atom. The highest BCUT2D eigenvalue weighted by molar-refractivity contribution is 6.38. The average Bonchev–Trinajstić information content (AvgIpc) is 3.16. The highest BCUT2D eigenvalue weighted by atomic mass is 35.5. The number of aromatic nitrogens is 4. The van der Waals surface area contributed by atoms with Crippen molar-refractivity contribution in [2.45, 2.75) is 38.3 Å². The molecule has 0 bridgehead atoms. The molecule has 11 heteroatoms. The third-order valence-electron chi connectivity index (χ3n) is 4.82. The summed E-state index contributed by atoms with van der Waals surface area (Å²) in [5.41, 5.74) is 6.18. The van der Waals surface area contributed by atoms with E-state index in [0.29, 0.717) is 23.0 Å². The Kier molecular flexibility index (Phi) is 4.17. The molecule has 0 atom stereocenters. The molecule has 2 heterocycles. The first-order chi connectivity index (χ1) is 13.0. The van der Waals surface area contributed by atoms with E-state index in [1.165, 1.54) is 4.68 Å². The molecule has 3 aromatic rings. The Hall–Kier alpha value is -2.26. The topological polar surface area (TPSA) is 82.8 Å². The normalized spacial score (nSPS) is 15.8. The first-order valence-corrected chi connectivity index (χ1v) is 9.03. The van der Waals surface area contributed by atoms with Crippen LogP contribution in [-0.4, -0.2) is 20.0 Å². The lowest BCUT2D eigenvalue weighted by molar-refractivity contribution is -0.137. The van der Waals surface area contributed by atoms with Crippen LogP contribution >= 0.6 is 23.2 Å². The van der Waals surface area contributed by atoms with Crippen LogP contribution in [0.15, 0.2) is 16.5 Å². The van der Waals surface area contributed by atoms with Gasteiger partial charge >= 0.3 is 6.18 Å². The summed E-state index contributed by atoms with van der Waals surface area (Å²) < 4.78 is 45.8. The fourth-order valence-electron chi connectivity index (χ4n) is 3.42. The Labute approximate surface area is 167 Å². The molecule has 148 valence electrons. The van der Waals surface area contributed by atoms with Crippen molar-refractivity contribution in [1.82, 2.24) is 20.0 Å². The number of nitrogens with zero attached hydrogens (tertiary/aromatic N) is 4. The zero-order valence-corrected chi connectivity index (χ0v) is 16.2. The van der Waals surface area contributed by atoms with Gasteiger partial charge in [-0.15, -0.1) is 10.2 Å². The molecule has 0 aliphatic heterocycles. The van der Waals surface area contributed by atoms with Crippen LogP contribution < -0.4 is 5.73 Å². The summed E-state index contributed by atoms with van der Waals surface area (Å²) in [7, 11) is 0. The number of rotatable bonds is 3. The minimum Gasteiger partial charge on any atom is -0.425 e. The van der Waals surface area contributed by atoms with Gasteiger partial charge in [0.15, 0.2) is 0 Å². The zero-order valence-electron chi connectivity index (χ0n) is 14.7. The van der Waals surface area contributed by atoms with E-state index >= 15 is 0 Å². The minimum absolute atomic E-state index is 0.0840. The summed E-state index contributed by atoms with van der Waals surface area (Å²) in [5, 5.41) is 11.9. The van der Waals surface area contributed by atoms with Crippen LogP contribution in [0.2, 0.25) is 10.0 Å². The Morgan fingerprint density at radius 1 is 1.14 bits per heavy atom. The maximum absolute atomic E-state index is 13.0. The van der Waals surface area contributed by atoms with Crippen LogP contribution in [0.4, 0.5) is 19.0 Å². The molecule has 1 aliphatic rings. The molecule has 2 aromatic heterocycles. The van der Waals surface area contributed by atoms with E-state index in [1.54, 1.807) is 13.8 Å². The summed E-state index contributed by atoms with van der Waals surface area (Å²) in [6, 6.07) is 1.60. The molecule has 0 saturated heterocycles. The largest absolute Gasteiger partial charge is 0.425 e. The first-order valence-electron chi connectivity index (χ1n) is 8.27. The number of aryl methyl sites for hydroxylation is 2. The van der Waals surface area contributed by atoms with Crippen LogP contribution in [0, 0.1) is 13.8 Å². The molecule has 0 spiro atoms. The third-order valence-corrected chi connectivity index (χ3v) is 5.39. The van der Waals surface area contributed by atoms with E-state index in [4.69, 9.17) is 33.4 Å². The van der Waals surface area contributed by atoms with Crippen molar-refractivity contribution in [2.24, 2.45) is 0 Å². The van der Waals surface area contributed by atoms with E-state index in [1.807, 2.05) is 0 Å². The average molecular weight is 432 g/mol. The number of nitrogens with two attached hydrogens (primary N) is 1. The number of hydrogen-bond donors (Lipinski definition) is 1. The minimum atomic E-state index is -4.57. The lowest BCUT2D eigenvalue weighted by Gasteiger charge is -2.14. The van der Waals surface area contributed by atoms with Gasteiger partial charge in [-0.25, -0.2) is 4.68 Å². The smallest absolute Gasteiger partial charge is 0.416 e. The van der Waals surface area contributed by atoms with Gasteiger partial charge in [0.05, 0.1) is 26.7 Å². The second kappa shape index (κ2) is 6.12. The standard InChI is InChI=1S/C17H14Cl2F3N5O/c1-7-12(16(3-4-16)15-25-24-8(2)28-15)14(23)27(26-7)13-10(18)5-9(6-11(13)19)17(20,21)22/h5-6H,3-4,23H2,1-2H3. The molecule has 0 amide bonds. The molecule has 1 aliphatic carbocycles. The molecule has 0 unspecified atom stereocenters. The fourth-order valence-corrected chi connectivity index (χ4v) is 4.07. The summed E-state index contributed by atoms with van der Waals surface area (Å²) in [6.45, 7) is 3.44. The molecule has 1 fully saturated rings. The maximum atomic E-state index is 13.0. The summed E-state index contributed by atoms with van der Waals surface area (Å²) in [5.74, 6) is 1.08. The predicted molar refractivity (Wildman–Crippen MR) is 96.8 cm³/mol. The summed E-state index contributed by atoms with van der Waals surface area (Å²) in [6.07, 6.45) is -3.10. The van der Waals surface area contributed by atoms with Crippen molar-refractivity contribution in [3.05, 3.63) is 50.8 Å². The Morgan fingerprint density at radius 2 is 1.75 bits per heavy atom.